The lowest BCUT2D eigenvalue weighted by molar-refractivity contribution is -0.143. The summed E-state index contributed by atoms with van der Waals surface area (Å²) in [5.41, 5.74) is 2.80. The van der Waals surface area contributed by atoms with E-state index in [1.54, 1.807) is 4.90 Å². The molecule has 0 atom stereocenters. The number of anilines is 1. The van der Waals surface area contributed by atoms with Gasteiger partial charge in [-0.2, -0.15) is 0 Å². The second kappa shape index (κ2) is 7.68. The Morgan fingerprint density at radius 3 is 1.95 bits per heavy atom. The highest BCUT2D eigenvalue weighted by Gasteiger charge is 2.20. The Morgan fingerprint density at radius 1 is 1.00 bits per heavy atom. The molecule has 0 unspecified atom stereocenters. The zero-order valence-electron chi connectivity index (χ0n) is 12.8. The van der Waals surface area contributed by atoms with Crippen molar-refractivity contribution in [1.82, 2.24) is 4.90 Å². The van der Waals surface area contributed by atoms with E-state index in [9.17, 15) is 9.59 Å². The number of carbonyl (C=O) groups excluding carboxylic acids is 2. The maximum Gasteiger partial charge on any atom is 0.313 e. The van der Waals surface area contributed by atoms with Gasteiger partial charge in [-0.15, -0.1) is 0 Å². The van der Waals surface area contributed by atoms with Crippen LogP contribution in [0.2, 0.25) is 0 Å². The fourth-order valence-corrected chi connectivity index (χ4v) is 2.23. The molecule has 0 aliphatic heterocycles. The van der Waals surface area contributed by atoms with E-state index in [4.69, 9.17) is 0 Å². The SMILES string of the molecule is CCCN(CCC)C(=O)C(=O)Nc1cc(C)cc(C)c1. The lowest BCUT2D eigenvalue weighted by atomic mass is 10.1. The van der Waals surface area contributed by atoms with E-state index >= 15 is 0 Å². The van der Waals surface area contributed by atoms with Gasteiger partial charge in [0.2, 0.25) is 0 Å². The molecule has 1 N–H and O–H groups in total. The van der Waals surface area contributed by atoms with E-state index in [1.165, 1.54) is 0 Å². The van der Waals surface area contributed by atoms with Gasteiger partial charge in [0, 0.05) is 18.8 Å². The topological polar surface area (TPSA) is 49.4 Å². The van der Waals surface area contributed by atoms with Crippen LogP contribution in [0.4, 0.5) is 5.69 Å². The highest BCUT2D eigenvalue weighted by atomic mass is 16.2. The summed E-state index contributed by atoms with van der Waals surface area (Å²) >= 11 is 0. The Balaban J connectivity index is 2.75. The molecule has 1 aromatic carbocycles. The van der Waals surface area contributed by atoms with Crippen LogP contribution in [0.15, 0.2) is 18.2 Å². The Labute approximate surface area is 121 Å². The molecule has 0 aromatic heterocycles. The van der Waals surface area contributed by atoms with Crippen LogP contribution in [-0.4, -0.2) is 29.8 Å². The highest BCUT2D eigenvalue weighted by Crippen LogP contribution is 2.13. The minimum absolute atomic E-state index is 0.451. The Kier molecular flexibility index (Phi) is 6.22. The summed E-state index contributed by atoms with van der Waals surface area (Å²) in [6.45, 7) is 9.16. The molecule has 110 valence electrons. The maximum atomic E-state index is 12.1. The number of nitrogens with zero attached hydrogens (tertiary/aromatic N) is 1. The first kappa shape index (κ1) is 16.2. The largest absolute Gasteiger partial charge is 0.334 e. The summed E-state index contributed by atoms with van der Waals surface area (Å²) in [4.78, 5) is 25.7. The van der Waals surface area contributed by atoms with Crippen molar-refractivity contribution in [3.63, 3.8) is 0 Å². The number of benzene rings is 1. The van der Waals surface area contributed by atoms with Gasteiger partial charge < -0.3 is 10.2 Å². The Hall–Kier alpha value is -1.84. The molecule has 4 heteroatoms. The second-order valence-electron chi connectivity index (χ2n) is 5.12. The molecule has 0 bridgehead atoms. The smallest absolute Gasteiger partial charge is 0.313 e. The van der Waals surface area contributed by atoms with E-state index in [2.05, 4.69) is 5.32 Å². The monoisotopic (exact) mass is 276 g/mol. The zero-order chi connectivity index (χ0) is 15.1. The van der Waals surface area contributed by atoms with E-state index < -0.39 is 11.8 Å². The number of hydrogen-bond donors (Lipinski definition) is 1. The summed E-state index contributed by atoms with van der Waals surface area (Å²) in [6, 6.07) is 5.75. The van der Waals surface area contributed by atoms with E-state index in [-0.39, 0.29) is 0 Å². The first-order valence-corrected chi connectivity index (χ1v) is 7.16. The van der Waals surface area contributed by atoms with Crippen LogP contribution in [0.3, 0.4) is 0 Å². The summed E-state index contributed by atoms with van der Waals surface area (Å²) in [7, 11) is 0. The molecule has 0 aliphatic rings. The number of amides is 2. The molecular formula is C16H24N2O2. The summed E-state index contributed by atoms with van der Waals surface area (Å²) in [5, 5.41) is 2.69. The molecule has 0 saturated heterocycles. The number of aryl methyl sites for hydroxylation is 2. The molecule has 0 heterocycles. The van der Waals surface area contributed by atoms with Crippen molar-refractivity contribution in [2.45, 2.75) is 40.5 Å². The van der Waals surface area contributed by atoms with Gasteiger partial charge in [-0.25, -0.2) is 0 Å². The van der Waals surface area contributed by atoms with Gasteiger partial charge in [0.1, 0.15) is 0 Å². The molecule has 4 nitrogen and oxygen atoms in total. The number of rotatable bonds is 5. The summed E-state index contributed by atoms with van der Waals surface area (Å²) in [6.07, 6.45) is 1.70. The molecule has 0 aliphatic carbocycles. The molecule has 0 spiro atoms. The predicted molar refractivity (Wildman–Crippen MR) is 81.7 cm³/mol. The average Bonchev–Trinajstić information content (AvgIpc) is 2.36. The Bertz CT molecular complexity index is 457. The normalized spacial score (nSPS) is 10.2. The van der Waals surface area contributed by atoms with Crippen LogP contribution < -0.4 is 5.32 Å². The van der Waals surface area contributed by atoms with Crippen molar-refractivity contribution >= 4 is 17.5 Å². The van der Waals surface area contributed by atoms with Crippen LogP contribution in [0, 0.1) is 13.8 Å². The fraction of sp³-hybridized carbons (Fsp3) is 0.500. The molecule has 0 fully saturated rings. The molecule has 1 aromatic rings. The molecular weight excluding hydrogens is 252 g/mol. The third kappa shape index (κ3) is 4.68. The minimum Gasteiger partial charge on any atom is -0.334 e. The lowest BCUT2D eigenvalue weighted by Gasteiger charge is -2.20. The predicted octanol–water partition coefficient (Wildman–Crippen LogP) is 2.89. The third-order valence-electron chi connectivity index (χ3n) is 2.95. The maximum absolute atomic E-state index is 12.1. The second-order valence-corrected chi connectivity index (χ2v) is 5.12. The van der Waals surface area contributed by atoms with Crippen molar-refractivity contribution in [1.29, 1.82) is 0 Å². The van der Waals surface area contributed by atoms with Crippen LogP contribution in [-0.2, 0) is 9.59 Å². The Morgan fingerprint density at radius 2 is 1.50 bits per heavy atom. The van der Waals surface area contributed by atoms with Gasteiger partial charge in [0.25, 0.3) is 0 Å². The van der Waals surface area contributed by atoms with Crippen molar-refractivity contribution in [3.8, 4) is 0 Å². The number of carbonyl (C=O) groups is 2. The number of nitrogens with one attached hydrogen (secondary N) is 1. The van der Waals surface area contributed by atoms with Crippen LogP contribution in [0.25, 0.3) is 0 Å². The quantitative estimate of drug-likeness (QED) is 0.841. The van der Waals surface area contributed by atoms with Gasteiger partial charge >= 0.3 is 11.8 Å². The minimum atomic E-state index is -0.558. The molecule has 0 radical (unpaired) electrons. The molecule has 1 rings (SSSR count). The van der Waals surface area contributed by atoms with Gasteiger partial charge in [-0.1, -0.05) is 19.9 Å². The van der Waals surface area contributed by atoms with Crippen LogP contribution in [0.5, 0.6) is 0 Å². The first-order chi connectivity index (χ1) is 9.47. The third-order valence-corrected chi connectivity index (χ3v) is 2.95. The molecule has 0 saturated carbocycles. The average molecular weight is 276 g/mol. The van der Waals surface area contributed by atoms with E-state index in [0.29, 0.717) is 18.8 Å². The van der Waals surface area contributed by atoms with Gasteiger partial charge in [-0.05, 0) is 49.9 Å². The van der Waals surface area contributed by atoms with Gasteiger partial charge in [-0.3, -0.25) is 9.59 Å². The van der Waals surface area contributed by atoms with Crippen molar-refractivity contribution < 1.29 is 9.59 Å². The lowest BCUT2D eigenvalue weighted by Crippen LogP contribution is -2.40. The van der Waals surface area contributed by atoms with Gasteiger partial charge in [0.15, 0.2) is 0 Å². The van der Waals surface area contributed by atoms with E-state index in [1.807, 2.05) is 45.9 Å². The number of hydrogen-bond acceptors (Lipinski definition) is 2. The van der Waals surface area contributed by atoms with Gasteiger partial charge in [0.05, 0.1) is 0 Å². The van der Waals surface area contributed by atoms with E-state index in [0.717, 1.165) is 24.0 Å². The summed E-state index contributed by atoms with van der Waals surface area (Å²) in [5.74, 6) is -1.01. The van der Waals surface area contributed by atoms with Crippen LogP contribution >= 0.6 is 0 Å². The fourth-order valence-electron chi connectivity index (χ4n) is 2.23. The molecule has 20 heavy (non-hydrogen) atoms. The zero-order valence-corrected chi connectivity index (χ0v) is 12.8. The summed E-state index contributed by atoms with van der Waals surface area (Å²) < 4.78 is 0. The highest BCUT2D eigenvalue weighted by molar-refractivity contribution is 6.39. The van der Waals surface area contributed by atoms with Crippen molar-refractivity contribution in [2.75, 3.05) is 18.4 Å². The van der Waals surface area contributed by atoms with Crippen molar-refractivity contribution in [3.05, 3.63) is 29.3 Å². The molecule has 2 amide bonds. The standard InChI is InChI=1S/C16H24N2O2/c1-5-7-18(8-6-2)16(20)15(19)17-14-10-12(3)9-13(4)11-14/h9-11H,5-8H2,1-4H3,(H,17,19). The van der Waals surface area contributed by atoms with Crippen LogP contribution in [0.1, 0.15) is 37.8 Å². The first-order valence-electron chi connectivity index (χ1n) is 7.16. The van der Waals surface area contributed by atoms with Crippen molar-refractivity contribution in [2.24, 2.45) is 0 Å².